The molecule has 1 aliphatic rings. The number of methoxy groups -OCH3 is 1. The van der Waals surface area contributed by atoms with E-state index in [2.05, 4.69) is 4.74 Å². The monoisotopic (exact) mass is 371 g/mol. The Bertz CT molecular complexity index is 798. The lowest BCUT2D eigenvalue weighted by molar-refractivity contribution is -0.147. The van der Waals surface area contributed by atoms with Gasteiger partial charge in [-0.15, -0.1) is 0 Å². The van der Waals surface area contributed by atoms with Gasteiger partial charge in [0.15, 0.2) is 17.4 Å². The first-order valence-electron chi connectivity index (χ1n) is 7.71. The highest BCUT2D eigenvalue weighted by Crippen LogP contribution is 2.59. The Kier molecular flexibility index (Phi) is 5.31. The van der Waals surface area contributed by atoms with Crippen LogP contribution in [-0.4, -0.2) is 13.1 Å². The molecule has 0 spiro atoms. The number of benzene rings is 1. The normalized spacial score (nSPS) is 21.1. The lowest BCUT2D eigenvalue weighted by Crippen LogP contribution is -2.14. The highest BCUT2D eigenvalue weighted by Gasteiger charge is 2.61. The summed E-state index contributed by atoms with van der Waals surface area (Å²) in [7, 11) is 0.867. The molecule has 1 fully saturated rings. The van der Waals surface area contributed by atoms with Crippen LogP contribution in [0.4, 0.5) is 17.6 Å². The molecule has 0 bridgehead atoms. The largest absolute Gasteiger partial charge is 0.491 e. The Hall–Kier alpha value is -2.56. The number of carbonyl (C=O) groups excluding carboxylic acids is 1. The van der Waals surface area contributed by atoms with Gasteiger partial charge in [-0.3, -0.25) is 4.79 Å². The molecule has 26 heavy (non-hydrogen) atoms. The van der Waals surface area contributed by atoms with Gasteiger partial charge in [-0.2, -0.15) is 14.0 Å². The van der Waals surface area contributed by atoms with Crippen molar-refractivity contribution in [2.24, 2.45) is 17.3 Å². The number of rotatable bonds is 5. The van der Waals surface area contributed by atoms with E-state index in [1.165, 1.54) is 0 Å². The van der Waals surface area contributed by atoms with Gasteiger partial charge in [-0.05, 0) is 18.3 Å². The van der Waals surface area contributed by atoms with E-state index >= 15 is 0 Å². The number of nitriles is 1. The summed E-state index contributed by atoms with van der Waals surface area (Å²) in [6.45, 7) is 4.18. The fraction of sp³-hybridized carbons (Fsp3) is 0.444. The minimum Gasteiger partial charge on any atom is -0.491 e. The van der Waals surface area contributed by atoms with Crippen LogP contribution >= 0.6 is 0 Å². The van der Waals surface area contributed by atoms with Gasteiger partial charge >= 0.3 is 5.97 Å². The van der Waals surface area contributed by atoms with Crippen molar-refractivity contribution >= 4 is 5.97 Å². The van der Waals surface area contributed by atoms with E-state index in [9.17, 15) is 22.4 Å². The second-order valence-electron chi connectivity index (χ2n) is 6.66. The maximum atomic E-state index is 13.9. The highest BCUT2D eigenvalue weighted by atomic mass is 19.2. The number of allylic oxidation sites excluding steroid dienone is 2. The molecule has 1 aromatic rings. The van der Waals surface area contributed by atoms with Gasteiger partial charge in [0, 0.05) is 5.57 Å². The van der Waals surface area contributed by atoms with Crippen molar-refractivity contribution in [2.45, 2.75) is 27.4 Å². The lowest BCUT2D eigenvalue weighted by Gasteiger charge is -2.11. The Labute approximate surface area is 148 Å². The molecule has 8 heteroatoms. The summed E-state index contributed by atoms with van der Waals surface area (Å²) in [5, 5.41) is 8.82. The number of halogens is 4. The number of hydrogen-bond acceptors (Lipinski definition) is 4. The summed E-state index contributed by atoms with van der Waals surface area (Å²) in [6.07, 6.45) is 1.62. The molecule has 0 aliphatic heterocycles. The topological polar surface area (TPSA) is 59.3 Å². The third-order valence-electron chi connectivity index (χ3n) is 4.65. The highest BCUT2D eigenvalue weighted by molar-refractivity contribution is 5.78. The second kappa shape index (κ2) is 6.98. The maximum Gasteiger partial charge on any atom is 0.310 e. The number of carbonyl (C=O) groups is 1. The number of esters is 1. The van der Waals surface area contributed by atoms with Crippen LogP contribution in [0.3, 0.4) is 0 Å². The van der Waals surface area contributed by atoms with Crippen molar-refractivity contribution in [1.82, 2.24) is 0 Å². The fourth-order valence-corrected chi connectivity index (χ4v) is 2.94. The lowest BCUT2D eigenvalue weighted by atomic mass is 10.1. The average Bonchev–Trinajstić information content (AvgIpc) is 3.13. The Morgan fingerprint density at radius 3 is 2.19 bits per heavy atom. The van der Waals surface area contributed by atoms with E-state index in [4.69, 9.17) is 10.00 Å². The van der Waals surface area contributed by atoms with Crippen LogP contribution in [-0.2, 0) is 16.1 Å². The van der Waals surface area contributed by atoms with E-state index in [1.54, 1.807) is 26.8 Å². The molecule has 2 rings (SSSR count). The van der Waals surface area contributed by atoms with Gasteiger partial charge in [0.1, 0.15) is 6.61 Å². The van der Waals surface area contributed by atoms with Crippen LogP contribution in [0.1, 0.15) is 26.3 Å². The van der Waals surface area contributed by atoms with Crippen LogP contribution in [0, 0.1) is 51.9 Å². The zero-order valence-electron chi connectivity index (χ0n) is 14.6. The van der Waals surface area contributed by atoms with Gasteiger partial charge < -0.3 is 9.47 Å². The van der Waals surface area contributed by atoms with E-state index in [-0.39, 0.29) is 5.92 Å². The quantitative estimate of drug-likeness (QED) is 0.339. The summed E-state index contributed by atoms with van der Waals surface area (Å²) in [4.78, 5) is 12.2. The van der Waals surface area contributed by atoms with Gasteiger partial charge in [0.25, 0.3) is 0 Å². The summed E-state index contributed by atoms with van der Waals surface area (Å²) < 4.78 is 64.3. The number of nitrogens with zero attached hydrogens (tertiary/aromatic N) is 1. The molecule has 0 saturated heterocycles. The fourth-order valence-electron chi connectivity index (χ4n) is 2.94. The average molecular weight is 371 g/mol. The zero-order valence-corrected chi connectivity index (χ0v) is 14.6. The van der Waals surface area contributed by atoms with Gasteiger partial charge in [-0.1, -0.05) is 19.9 Å². The zero-order chi connectivity index (χ0) is 19.8. The predicted molar refractivity (Wildman–Crippen MR) is 82.8 cm³/mol. The standard InChI is InChI=1S/C18H17F4NO3/c1-8(6-23)5-10-11(18(10,2)3)17(24)26-7-9-12(19)14(21)16(25-4)15(22)13(9)20/h5,10-11H,7H2,1-4H3/t10-,11+/m1/s1. The molecule has 0 amide bonds. The molecular weight excluding hydrogens is 354 g/mol. The van der Waals surface area contributed by atoms with E-state index < -0.39 is 58.5 Å². The SMILES string of the molecule is COc1c(F)c(F)c(COC(=O)[C@@H]2[C@@H](C=C(C)C#N)C2(C)C)c(F)c1F. The first kappa shape index (κ1) is 19.8. The molecule has 0 heterocycles. The summed E-state index contributed by atoms with van der Waals surface area (Å²) in [5.41, 5.74) is -1.11. The molecule has 0 aromatic heterocycles. The Morgan fingerprint density at radius 2 is 1.73 bits per heavy atom. The van der Waals surface area contributed by atoms with Gasteiger partial charge in [0.05, 0.1) is 24.7 Å². The Balaban J connectivity index is 2.18. The van der Waals surface area contributed by atoms with Crippen molar-refractivity contribution in [3.63, 3.8) is 0 Å². The van der Waals surface area contributed by atoms with Crippen molar-refractivity contribution in [2.75, 3.05) is 7.11 Å². The summed E-state index contributed by atoms with van der Waals surface area (Å²) in [6, 6.07) is 1.94. The number of hydrogen-bond donors (Lipinski definition) is 0. The predicted octanol–water partition coefficient (Wildman–Crippen LogP) is 4.04. The molecule has 1 aliphatic carbocycles. The van der Waals surface area contributed by atoms with E-state index in [0.717, 1.165) is 7.11 Å². The minimum absolute atomic E-state index is 0.270. The van der Waals surface area contributed by atoms with Crippen LogP contribution in [0.2, 0.25) is 0 Å². The van der Waals surface area contributed by atoms with Crippen molar-refractivity contribution < 1.29 is 31.8 Å². The smallest absolute Gasteiger partial charge is 0.310 e. The van der Waals surface area contributed by atoms with Crippen LogP contribution in [0.15, 0.2) is 11.6 Å². The van der Waals surface area contributed by atoms with Crippen LogP contribution in [0.5, 0.6) is 5.75 Å². The van der Waals surface area contributed by atoms with Crippen molar-refractivity contribution in [3.8, 4) is 11.8 Å². The summed E-state index contributed by atoms with van der Waals surface area (Å²) >= 11 is 0. The molecule has 1 saturated carbocycles. The summed E-state index contributed by atoms with van der Waals surface area (Å²) in [5.74, 6) is -9.60. The molecule has 0 N–H and O–H groups in total. The molecule has 140 valence electrons. The minimum atomic E-state index is -1.70. The van der Waals surface area contributed by atoms with E-state index in [1.807, 2.05) is 6.07 Å². The third-order valence-corrected chi connectivity index (χ3v) is 4.65. The molecule has 4 nitrogen and oxygen atoms in total. The van der Waals surface area contributed by atoms with Gasteiger partial charge in [-0.25, -0.2) is 8.78 Å². The molecular formula is C18H17F4NO3. The van der Waals surface area contributed by atoms with Gasteiger partial charge in [0.2, 0.25) is 11.6 Å². The first-order valence-corrected chi connectivity index (χ1v) is 7.71. The molecule has 2 atom stereocenters. The molecule has 0 unspecified atom stereocenters. The molecule has 0 radical (unpaired) electrons. The molecule has 1 aromatic carbocycles. The first-order chi connectivity index (χ1) is 12.1. The van der Waals surface area contributed by atoms with Crippen molar-refractivity contribution in [1.29, 1.82) is 5.26 Å². The Morgan fingerprint density at radius 1 is 1.19 bits per heavy atom. The third kappa shape index (κ3) is 3.26. The van der Waals surface area contributed by atoms with Crippen LogP contribution in [0.25, 0.3) is 0 Å². The second-order valence-corrected chi connectivity index (χ2v) is 6.66. The maximum absolute atomic E-state index is 13.9. The van der Waals surface area contributed by atoms with Crippen LogP contribution < -0.4 is 4.74 Å². The number of ether oxygens (including phenoxy) is 2. The van der Waals surface area contributed by atoms with E-state index in [0.29, 0.717) is 5.57 Å². The van der Waals surface area contributed by atoms with Crippen molar-refractivity contribution in [3.05, 3.63) is 40.5 Å².